The van der Waals surface area contributed by atoms with Crippen molar-refractivity contribution in [3.8, 4) is 0 Å². The second-order valence-electron chi connectivity index (χ2n) is 5.65. The van der Waals surface area contributed by atoms with E-state index in [1.807, 2.05) is 6.07 Å². The SMILES string of the molecule is CCCc1nnc(NC(=O)C2(c3cccc(F)c3)CCC2)s1. The van der Waals surface area contributed by atoms with Crippen LogP contribution in [0.2, 0.25) is 0 Å². The molecule has 1 N–H and O–H groups in total. The topological polar surface area (TPSA) is 54.9 Å². The average Bonchev–Trinajstić information content (AvgIpc) is 2.85. The molecule has 2 aromatic rings. The van der Waals surface area contributed by atoms with Crippen LogP contribution in [-0.4, -0.2) is 16.1 Å². The highest BCUT2D eigenvalue weighted by atomic mass is 32.1. The molecule has 22 heavy (non-hydrogen) atoms. The molecule has 1 aromatic carbocycles. The lowest BCUT2D eigenvalue weighted by Crippen LogP contribution is -2.46. The Hall–Kier alpha value is -1.82. The molecule has 1 aliphatic rings. The van der Waals surface area contributed by atoms with Crippen molar-refractivity contribution in [1.82, 2.24) is 10.2 Å². The van der Waals surface area contributed by atoms with E-state index in [1.54, 1.807) is 6.07 Å². The van der Waals surface area contributed by atoms with E-state index in [1.165, 1.54) is 23.5 Å². The molecule has 1 amide bonds. The third kappa shape index (κ3) is 2.75. The molecule has 116 valence electrons. The van der Waals surface area contributed by atoms with Gasteiger partial charge < -0.3 is 0 Å². The van der Waals surface area contributed by atoms with Gasteiger partial charge in [-0.25, -0.2) is 4.39 Å². The fraction of sp³-hybridized carbons (Fsp3) is 0.438. The van der Waals surface area contributed by atoms with E-state index < -0.39 is 5.41 Å². The maximum absolute atomic E-state index is 13.5. The molecule has 1 aliphatic carbocycles. The normalized spacial score (nSPS) is 16.1. The largest absolute Gasteiger partial charge is 0.300 e. The second-order valence-corrected chi connectivity index (χ2v) is 6.71. The first-order valence-electron chi connectivity index (χ1n) is 7.54. The first kappa shape index (κ1) is 15.1. The van der Waals surface area contributed by atoms with Crippen molar-refractivity contribution in [2.24, 2.45) is 0 Å². The summed E-state index contributed by atoms with van der Waals surface area (Å²) in [6.45, 7) is 2.08. The fourth-order valence-electron chi connectivity index (χ4n) is 2.80. The molecule has 6 heteroatoms. The highest BCUT2D eigenvalue weighted by Gasteiger charge is 2.46. The number of anilines is 1. The van der Waals surface area contributed by atoms with E-state index in [2.05, 4.69) is 22.4 Å². The number of amides is 1. The average molecular weight is 319 g/mol. The van der Waals surface area contributed by atoms with Crippen LogP contribution in [0.1, 0.15) is 43.2 Å². The molecule has 3 rings (SSSR count). The van der Waals surface area contributed by atoms with Gasteiger partial charge in [0.05, 0.1) is 5.41 Å². The van der Waals surface area contributed by atoms with Crippen LogP contribution in [0.3, 0.4) is 0 Å². The van der Waals surface area contributed by atoms with E-state index in [0.29, 0.717) is 5.13 Å². The molecular formula is C16H18FN3OS. The number of nitrogens with zero attached hydrogens (tertiary/aromatic N) is 2. The molecule has 0 unspecified atom stereocenters. The summed E-state index contributed by atoms with van der Waals surface area (Å²) in [5, 5.41) is 12.4. The van der Waals surface area contributed by atoms with Crippen molar-refractivity contribution < 1.29 is 9.18 Å². The predicted octanol–water partition coefficient (Wildman–Crippen LogP) is 3.69. The quantitative estimate of drug-likeness (QED) is 0.914. The molecule has 0 saturated heterocycles. The van der Waals surface area contributed by atoms with Crippen molar-refractivity contribution in [2.45, 2.75) is 44.4 Å². The zero-order valence-electron chi connectivity index (χ0n) is 12.4. The van der Waals surface area contributed by atoms with E-state index >= 15 is 0 Å². The zero-order valence-corrected chi connectivity index (χ0v) is 13.3. The van der Waals surface area contributed by atoms with Crippen molar-refractivity contribution in [3.63, 3.8) is 0 Å². The number of rotatable bonds is 5. The molecule has 0 bridgehead atoms. The van der Waals surface area contributed by atoms with Gasteiger partial charge in [0.25, 0.3) is 0 Å². The number of hydrogen-bond acceptors (Lipinski definition) is 4. The second kappa shape index (κ2) is 6.12. The van der Waals surface area contributed by atoms with Gasteiger partial charge in [-0.3, -0.25) is 10.1 Å². The molecule has 1 fully saturated rings. The zero-order chi connectivity index (χ0) is 15.6. The lowest BCUT2D eigenvalue weighted by atomic mass is 9.64. The maximum Gasteiger partial charge on any atom is 0.236 e. The van der Waals surface area contributed by atoms with Crippen molar-refractivity contribution in [2.75, 3.05) is 5.32 Å². The van der Waals surface area contributed by atoms with Crippen LogP contribution in [-0.2, 0) is 16.6 Å². The molecule has 0 aliphatic heterocycles. The van der Waals surface area contributed by atoms with Gasteiger partial charge in [-0.15, -0.1) is 10.2 Å². The van der Waals surface area contributed by atoms with Gasteiger partial charge in [0.15, 0.2) is 0 Å². The first-order valence-corrected chi connectivity index (χ1v) is 8.35. The van der Waals surface area contributed by atoms with Crippen molar-refractivity contribution >= 4 is 22.4 Å². The lowest BCUT2D eigenvalue weighted by molar-refractivity contribution is -0.124. The summed E-state index contributed by atoms with van der Waals surface area (Å²) in [5.74, 6) is -0.415. The van der Waals surface area contributed by atoms with Gasteiger partial charge in [0.1, 0.15) is 10.8 Å². The maximum atomic E-state index is 13.5. The van der Waals surface area contributed by atoms with E-state index in [9.17, 15) is 9.18 Å². The summed E-state index contributed by atoms with van der Waals surface area (Å²) in [7, 11) is 0. The summed E-state index contributed by atoms with van der Waals surface area (Å²) in [5.41, 5.74) is 0.119. The smallest absolute Gasteiger partial charge is 0.236 e. The number of carbonyl (C=O) groups is 1. The van der Waals surface area contributed by atoms with Crippen LogP contribution < -0.4 is 5.32 Å². The Morgan fingerprint density at radius 1 is 1.41 bits per heavy atom. The number of nitrogens with one attached hydrogen (secondary N) is 1. The molecule has 1 heterocycles. The number of aromatic nitrogens is 2. The van der Waals surface area contributed by atoms with Crippen LogP contribution >= 0.6 is 11.3 Å². The van der Waals surface area contributed by atoms with Gasteiger partial charge in [0, 0.05) is 6.42 Å². The number of benzene rings is 1. The Labute approximate surface area is 132 Å². The monoisotopic (exact) mass is 319 g/mol. The van der Waals surface area contributed by atoms with Gasteiger partial charge >= 0.3 is 0 Å². The van der Waals surface area contributed by atoms with Crippen LogP contribution in [0.25, 0.3) is 0 Å². The number of hydrogen-bond donors (Lipinski definition) is 1. The summed E-state index contributed by atoms with van der Waals surface area (Å²) in [6, 6.07) is 6.34. The Bertz CT molecular complexity index is 682. The van der Waals surface area contributed by atoms with Crippen LogP contribution in [0.5, 0.6) is 0 Å². The summed E-state index contributed by atoms with van der Waals surface area (Å²) in [6.07, 6.45) is 4.31. The Morgan fingerprint density at radius 2 is 2.23 bits per heavy atom. The highest BCUT2D eigenvalue weighted by Crippen LogP contribution is 2.44. The minimum atomic E-state index is -0.626. The number of halogens is 1. The van der Waals surface area contributed by atoms with Crippen molar-refractivity contribution in [3.05, 3.63) is 40.7 Å². The number of carbonyl (C=O) groups excluding carboxylic acids is 1. The van der Waals surface area contributed by atoms with Gasteiger partial charge in [-0.05, 0) is 37.0 Å². The first-order chi connectivity index (χ1) is 10.6. The number of aryl methyl sites for hydroxylation is 1. The van der Waals surface area contributed by atoms with Gasteiger partial charge in [0.2, 0.25) is 11.0 Å². The Kier molecular flexibility index (Phi) is 4.20. The van der Waals surface area contributed by atoms with Crippen LogP contribution in [0, 0.1) is 5.82 Å². The third-order valence-electron chi connectivity index (χ3n) is 4.17. The van der Waals surface area contributed by atoms with Crippen LogP contribution in [0.15, 0.2) is 24.3 Å². The molecule has 1 aromatic heterocycles. The molecule has 0 radical (unpaired) electrons. The molecule has 0 atom stereocenters. The minimum absolute atomic E-state index is 0.108. The fourth-order valence-corrected chi connectivity index (χ4v) is 3.64. The van der Waals surface area contributed by atoms with E-state index in [-0.39, 0.29) is 11.7 Å². The molecule has 4 nitrogen and oxygen atoms in total. The van der Waals surface area contributed by atoms with E-state index in [4.69, 9.17) is 0 Å². The Morgan fingerprint density at radius 3 is 2.86 bits per heavy atom. The molecule has 1 saturated carbocycles. The summed E-state index contributed by atoms with van der Waals surface area (Å²) < 4.78 is 13.5. The predicted molar refractivity (Wildman–Crippen MR) is 84.5 cm³/mol. The third-order valence-corrected chi connectivity index (χ3v) is 5.07. The van der Waals surface area contributed by atoms with E-state index in [0.717, 1.165) is 42.7 Å². The summed E-state index contributed by atoms with van der Waals surface area (Å²) in [4.78, 5) is 12.7. The summed E-state index contributed by atoms with van der Waals surface area (Å²) >= 11 is 1.41. The highest BCUT2D eigenvalue weighted by molar-refractivity contribution is 7.15. The van der Waals surface area contributed by atoms with Crippen molar-refractivity contribution in [1.29, 1.82) is 0 Å². The standard InChI is InChI=1S/C16H18FN3OS/c1-2-5-13-19-20-15(22-13)18-14(21)16(8-4-9-16)11-6-3-7-12(17)10-11/h3,6-7,10H,2,4-5,8-9H2,1H3,(H,18,20,21). The Balaban J connectivity index is 1.79. The van der Waals surface area contributed by atoms with Gasteiger partial charge in [-0.1, -0.05) is 36.8 Å². The molecule has 0 spiro atoms. The lowest BCUT2D eigenvalue weighted by Gasteiger charge is -2.40. The molecular weight excluding hydrogens is 301 g/mol. The minimum Gasteiger partial charge on any atom is -0.300 e. The van der Waals surface area contributed by atoms with Crippen LogP contribution in [0.4, 0.5) is 9.52 Å². The van der Waals surface area contributed by atoms with Gasteiger partial charge in [-0.2, -0.15) is 0 Å².